The van der Waals surface area contributed by atoms with Gasteiger partial charge in [-0.05, 0) is 18.9 Å². The first-order valence-electron chi connectivity index (χ1n) is 7.62. The van der Waals surface area contributed by atoms with E-state index in [9.17, 15) is 13.2 Å². The summed E-state index contributed by atoms with van der Waals surface area (Å²) >= 11 is 0. The van der Waals surface area contributed by atoms with Gasteiger partial charge < -0.3 is 10.2 Å². The van der Waals surface area contributed by atoms with Gasteiger partial charge in [-0.2, -0.15) is 0 Å². The number of carbonyl (C=O) groups excluding carboxylic acids is 1. The maximum atomic E-state index is 12.2. The lowest BCUT2D eigenvalue weighted by molar-refractivity contribution is 0.197. The number of rotatable bonds is 6. The molecule has 22 heavy (non-hydrogen) atoms. The van der Waals surface area contributed by atoms with E-state index in [0.717, 1.165) is 6.42 Å². The largest absolute Gasteiger partial charge is 0.335 e. The van der Waals surface area contributed by atoms with Gasteiger partial charge in [0.05, 0.1) is 5.75 Å². The molecule has 0 spiro atoms. The third kappa shape index (κ3) is 4.22. The normalized spacial score (nSPS) is 22.0. The van der Waals surface area contributed by atoms with Crippen LogP contribution in [0.2, 0.25) is 0 Å². The van der Waals surface area contributed by atoms with Crippen molar-refractivity contribution in [2.24, 2.45) is 0 Å². The lowest BCUT2D eigenvalue weighted by atomic mass is 10.1. The van der Waals surface area contributed by atoms with E-state index in [1.807, 2.05) is 18.2 Å². The molecule has 1 N–H and O–H groups in total. The number of nitrogens with one attached hydrogen (secondary N) is 1. The van der Waals surface area contributed by atoms with Gasteiger partial charge in [0.1, 0.15) is 0 Å². The van der Waals surface area contributed by atoms with Gasteiger partial charge in [-0.15, -0.1) is 0 Å². The molecular weight excluding hydrogens is 300 g/mol. The molecule has 1 aromatic carbocycles. The van der Waals surface area contributed by atoms with Crippen molar-refractivity contribution in [1.29, 1.82) is 0 Å². The van der Waals surface area contributed by atoms with Crippen LogP contribution < -0.4 is 5.32 Å². The van der Waals surface area contributed by atoms with Crippen molar-refractivity contribution in [3.8, 4) is 0 Å². The minimum absolute atomic E-state index is 0.000199. The van der Waals surface area contributed by atoms with Gasteiger partial charge in [0.15, 0.2) is 9.84 Å². The molecule has 0 heterocycles. The molecular formula is C16H24N2O3S. The molecule has 0 aliphatic heterocycles. The summed E-state index contributed by atoms with van der Waals surface area (Å²) in [6.45, 7) is 3.38. The standard InChI is InChI=1S/C16H24N2O3S/c1-4-22(20,21)11-12(2)18(3)16(19)17-15-10-14(15)13-8-6-5-7-9-13/h5-9,12,14-15H,4,10-11H2,1-3H3,(H,17,19)/t12-,14+,15+/m0/s1. The van der Waals surface area contributed by atoms with Gasteiger partial charge in [-0.3, -0.25) is 0 Å². The molecule has 1 aromatic rings. The first-order valence-corrected chi connectivity index (χ1v) is 9.45. The summed E-state index contributed by atoms with van der Waals surface area (Å²) in [6, 6.07) is 9.71. The predicted molar refractivity (Wildman–Crippen MR) is 87.7 cm³/mol. The maximum Gasteiger partial charge on any atom is 0.317 e. The summed E-state index contributed by atoms with van der Waals surface area (Å²) in [4.78, 5) is 13.7. The number of amides is 2. The average molecular weight is 324 g/mol. The van der Waals surface area contributed by atoms with Gasteiger partial charge in [0, 0.05) is 30.8 Å². The second-order valence-corrected chi connectivity index (χ2v) is 8.37. The van der Waals surface area contributed by atoms with E-state index in [-0.39, 0.29) is 29.6 Å². The van der Waals surface area contributed by atoms with Crippen LogP contribution in [0.4, 0.5) is 4.79 Å². The summed E-state index contributed by atoms with van der Waals surface area (Å²) in [5.41, 5.74) is 1.23. The van der Waals surface area contributed by atoms with Gasteiger partial charge in [-0.1, -0.05) is 37.3 Å². The summed E-state index contributed by atoms with van der Waals surface area (Å²) < 4.78 is 23.3. The van der Waals surface area contributed by atoms with Gasteiger partial charge in [0.25, 0.3) is 0 Å². The molecule has 1 fully saturated rings. The maximum absolute atomic E-state index is 12.2. The minimum atomic E-state index is -3.09. The van der Waals surface area contributed by atoms with E-state index in [4.69, 9.17) is 0 Å². The number of benzene rings is 1. The van der Waals surface area contributed by atoms with E-state index >= 15 is 0 Å². The lowest BCUT2D eigenvalue weighted by Crippen LogP contribution is -2.46. The van der Waals surface area contributed by atoms with Crippen molar-refractivity contribution in [3.63, 3.8) is 0 Å². The van der Waals surface area contributed by atoms with Crippen LogP contribution in [0.3, 0.4) is 0 Å². The molecule has 0 aromatic heterocycles. The molecule has 0 saturated heterocycles. The van der Waals surface area contributed by atoms with E-state index in [1.165, 1.54) is 10.5 Å². The van der Waals surface area contributed by atoms with Crippen molar-refractivity contribution in [2.75, 3.05) is 18.6 Å². The van der Waals surface area contributed by atoms with Crippen molar-refractivity contribution in [2.45, 2.75) is 38.3 Å². The second-order valence-electron chi connectivity index (χ2n) is 5.97. The third-order valence-electron chi connectivity index (χ3n) is 4.24. The van der Waals surface area contributed by atoms with Crippen LogP contribution in [0.25, 0.3) is 0 Å². The number of carbonyl (C=O) groups is 1. The molecule has 0 bridgehead atoms. The molecule has 3 atom stereocenters. The van der Waals surface area contributed by atoms with Crippen LogP contribution in [0.15, 0.2) is 30.3 Å². The van der Waals surface area contributed by atoms with Crippen LogP contribution in [0.1, 0.15) is 31.7 Å². The first-order chi connectivity index (χ1) is 10.3. The Bertz CT molecular complexity index is 616. The fourth-order valence-corrected chi connectivity index (χ4v) is 3.68. The molecule has 6 heteroatoms. The number of hydrogen-bond donors (Lipinski definition) is 1. The molecule has 2 rings (SSSR count). The molecule has 1 aliphatic carbocycles. The molecule has 1 aliphatic rings. The van der Waals surface area contributed by atoms with Crippen LogP contribution in [-0.2, 0) is 9.84 Å². The van der Waals surface area contributed by atoms with Crippen LogP contribution >= 0.6 is 0 Å². The highest BCUT2D eigenvalue weighted by Crippen LogP contribution is 2.40. The van der Waals surface area contributed by atoms with Crippen molar-refractivity contribution < 1.29 is 13.2 Å². The SMILES string of the molecule is CCS(=O)(=O)C[C@H](C)N(C)C(=O)N[C@@H]1C[C@@H]1c1ccccc1. The van der Waals surface area contributed by atoms with E-state index in [0.29, 0.717) is 5.92 Å². The first kappa shape index (κ1) is 16.8. The van der Waals surface area contributed by atoms with E-state index in [2.05, 4.69) is 17.4 Å². The quantitative estimate of drug-likeness (QED) is 0.870. The van der Waals surface area contributed by atoms with Crippen molar-refractivity contribution in [3.05, 3.63) is 35.9 Å². The minimum Gasteiger partial charge on any atom is -0.335 e. The Kier molecular flexibility index (Phi) is 5.11. The van der Waals surface area contributed by atoms with Gasteiger partial charge >= 0.3 is 6.03 Å². The molecule has 122 valence electrons. The topological polar surface area (TPSA) is 66.5 Å². The fourth-order valence-electron chi connectivity index (χ4n) is 2.48. The monoisotopic (exact) mass is 324 g/mol. The Morgan fingerprint density at radius 3 is 2.59 bits per heavy atom. The van der Waals surface area contributed by atoms with Gasteiger partial charge in [-0.25, -0.2) is 13.2 Å². The van der Waals surface area contributed by atoms with Crippen molar-refractivity contribution in [1.82, 2.24) is 10.2 Å². The highest BCUT2D eigenvalue weighted by atomic mass is 32.2. The number of sulfone groups is 1. The number of urea groups is 1. The highest BCUT2D eigenvalue weighted by molar-refractivity contribution is 7.91. The van der Waals surface area contributed by atoms with E-state index in [1.54, 1.807) is 20.9 Å². The van der Waals surface area contributed by atoms with Crippen LogP contribution in [0.5, 0.6) is 0 Å². The number of hydrogen-bond acceptors (Lipinski definition) is 3. The Balaban J connectivity index is 1.85. The molecule has 1 saturated carbocycles. The smallest absolute Gasteiger partial charge is 0.317 e. The Hall–Kier alpha value is -1.56. The fraction of sp³-hybridized carbons (Fsp3) is 0.562. The number of nitrogens with zero attached hydrogens (tertiary/aromatic N) is 1. The molecule has 0 unspecified atom stereocenters. The van der Waals surface area contributed by atoms with Crippen LogP contribution in [-0.4, -0.2) is 50.0 Å². The zero-order valence-electron chi connectivity index (χ0n) is 13.3. The summed E-state index contributed by atoms with van der Waals surface area (Å²) in [6.07, 6.45) is 0.936. The Labute approximate surface area is 132 Å². The third-order valence-corrected chi connectivity index (χ3v) is 6.11. The lowest BCUT2D eigenvalue weighted by Gasteiger charge is -2.25. The molecule has 2 amide bonds. The summed E-state index contributed by atoms with van der Waals surface area (Å²) in [5, 5.41) is 2.98. The highest BCUT2D eigenvalue weighted by Gasteiger charge is 2.40. The van der Waals surface area contributed by atoms with Gasteiger partial charge in [0.2, 0.25) is 0 Å². The predicted octanol–water partition coefficient (Wildman–Crippen LogP) is 2.01. The Morgan fingerprint density at radius 2 is 2.00 bits per heavy atom. The molecule has 0 radical (unpaired) electrons. The molecule has 5 nitrogen and oxygen atoms in total. The summed E-state index contributed by atoms with van der Waals surface area (Å²) in [7, 11) is -1.44. The zero-order chi connectivity index (χ0) is 16.3. The summed E-state index contributed by atoms with van der Waals surface area (Å²) in [5.74, 6) is 0.472. The van der Waals surface area contributed by atoms with Crippen molar-refractivity contribution >= 4 is 15.9 Å². The van der Waals surface area contributed by atoms with E-state index < -0.39 is 9.84 Å². The van der Waals surface area contributed by atoms with Crippen LogP contribution in [0, 0.1) is 0 Å². The second kappa shape index (κ2) is 6.69. The average Bonchev–Trinajstić information content (AvgIpc) is 3.26. The zero-order valence-corrected chi connectivity index (χ0v) is 14.1. The Morgan fingerprint density at radius 1 is 1.36 bits per heavy atom.